The topological polar surface area (TPSA) is 47.9 Å². The molecule has 0 N–H and O–H groups in total. The maximum atomic E-state index is 5.92. The Hall–Kier alpha value is -1.39. The molecule has 1 atom stereocenters. The van der Waals surface area contributed by atoms with Gasteiger partial charge in [-0.25, -0.2) is 0 Å². The van der Waals surface area contributed by atoms with Crippen LogP contribution in [0.25, 0.3) is 0 Å². The largest absolute Gasteiger partial charge is 0.467 e. The number of aromatic nitrogens is 3. The molecule has 0 fully saturated rings. The molecule has 1 heterocycles. The van der Waals surface area contributed by atoms with Crippen LogP contribution in [0, 0.1) is 0 Å². The predicted molar refractivity (Wildman–Crippen MR) is 72.6 cm³/mol. The highest BCUT2D eigenvalue weighted by molar-refractivity contribution is 6.31. The second-order valence-electron chi connectivity index (χ2n) is 4.37. The number of halogens is 2. The van der Waals surface area contributed by atoms with Crippen LogP contribution in [-0.2, 0) is 6.42 Å². The van der Waals surface area contributed by atoms with Crippen LogP contribution >= 0.6 is 23.2 Å². The molecular formula is C13H11Cl2N3O. The number of hydrogen-bond donors (Lipinski definition) is 0. The first-order valence-electron chi connectivity index (χ1n) is 6.04. The molecule has 0 bridgehead atoms. The molecule has 1 aliphatic carbocycles. The van der Waals surface area contributed by atoms with Gasteiger partial charge in [0.1, 0.15) is 6.10 Å². The van der Waals surface area contributed by atoms with Gasteiger partial charge in [0.05, 0.1) is 0 Å². The quantitative estimate of drug-likeness (QED) is 0.849. The van der Waals surface area contributed by atoms with Gasteiger partial charge < -0.3 is 4.74 Å². The third kappa shape index (κ3) is 2.65. The number of rotatable bonds is 2. The minimum Gasteiger partial charge on any atom is -0.467 e. The molecule has 1 aliphatic rings. The minimum atomic E-state index is -0.0600. The van der Waals surface area contributed by atoms with Gasteiger partial charge in [-0.1, -0.05) is 35.9 Å². The first kappa shape index (κ1) is 12.6. The van der Waals surface area contributed by atoms with Crippen molar-refractivity contribution in [2.75, 3.05) is 0 Å². The van der Waals surface area contributed by atoms with Crippen LogP contribution in [0.1, 0.15) is 30.1 Å². The zero-order valence-corrected chi connectivity index (χ0v) is 11.5. The molecule has 0 saturated heterocycles. The number of fused-ring (bicyclic) bond motifs is 1. The van der Waals surface area contributed by atoms with Gasteiger partial charge in [0, 0.05) is 0 Å². The summed E-state index contributed by atoms with van der Waals surface area (Å²) in [5.41, 5.74) is 2.49. The van der Waals surface area contributed by atoms with E-state index in [2.05, 4.69) is 27.3 Å². The standard InChI is InChI=1S/C13H11Cl2N3O/c14-11-12(16-13(15)18-17-11)19-10-7-3-5-8-4-1-2-6-9(8)10/h1-2,4,6,10H,3,5,7H2. The molecule has 1 aromatic carbocycles. The van der Waals surface area contributed by atoms with E-state index in [1.807, 2.05) is 12.1 Å². The zero-order chi connectivity index (χ0) is 13.2. The third-order valence-electron chi connectivity index (χ3n) is 3.16. The molecule has 2 aromatic rings. The molecule has 1 unspecified atom stereocenters. The zero-order valence-electron chi connectivity index (χ0n) is 10.0. The van der Waals surface area contributed by atoms with Gasteiger partial charge >= 0.3 is 0 Å². The Balaban J connectivity index is 1.90. The van der Waals surface area contributed by atoms with Crippen molar-refractivity contribution in [2.45, 2.75) is 25.4 Å². The number of benzene rings is 1. The maximum Gasteiger partial charge on any atom is 0.257 e. The Morgan fingerprint density at radius 3 is 2.89 bits per heavy atom. The second-order valence-corrected chi connectivity index (χ2v) is 5.07. The minimum absolute atomic E-state index is 0.0310. The van der Waals surface area contributed by atoms with Gasteiger partial charge in [-0.05, 0) is 42.0 Å². The van der Waals surface area contributed by atoms with Crippen LogP contribution < -0.4 is 4.74 Å². The summed E-state index contributed by atoms with van der Waals surface area (Å²) in [6.45, 7) is 0. The molecular weight excluding hydrogens is 285 g/mol. The normalized spacial score (nSPS) is 17.9. The van der Waals surface area contributed by atoms with Crippen molar-refractivity contribution in [2.24, 2.45) is 0 Å². The summed E-state index contributed by atoms with van der Waals surface area (Å²) < 4.78 is 5.86. The molecule has 98 valence electrons. The van der Waals surface area contributed by atoms with Gasteiger partial charge in [0.15, 0.2) is 0 Å². The van der Waals surface area contributed by atoms with E-state index in [-0.39, 0.29) is 22.4 Å². The monoisotopic (exact) mass is 295 g/mol. The summed E-state index contributed by atoms with van der Waals surface area (Å²) in [4.78, 5) is 3.98. The smallest absolute Gasteiger partial charge is 0.257 e. The van der Waals surface area contributed by atoms with E-state index in [0.29, 0.717) is 0 Å². The molecule has 3 rings (SSSR count). The predicted octanol–water partition coefficient (Wildman–Crippen LogP) is 3.63. The summed E-state index contributed by atoms with van der Waals surface area (Å²) in [7, 11) is 0. The summed E-state index contributed by atoms with van der Waals surface area (Å²) in [6.07, 6.45) is 3.02. The van der Waals surface area contributed by atoms with Crippen molar-refractivity contribution in [1.82, 2.24) is 15.2 Å². The van der Waals surface area contributed by atoms with Crippen LogP contribution in [0.5, 0.6) is 5.88 Å². The molecule has 0 aliphatic heterocycles. The van der Waals surface area contributed by atoms with Crippen molar-refractivity contribution < 1.29 is 4.74 Å². The Morgan fingerprint density at radius 2 is 2.00 bits per heavy atom. The van der Waals surface area contributed by atoms with E-state index in [9.17, 15) is 0 Å². The lowest BCUT2D eigenvalue weighted by Crippen LogP contribution is -2.16. The Labute approximate surface area is 120 Å². The van der Waals surface area contributed by atoms with E-state index in [4.69, 9.17) is 27.9 Å². The van der Waals surface area contributed by atoms with Crippen LogP contribution in [0.15, 0.2) is 24.3 Å². The van der Waals surface area contributed by atoms with Crippen molar-refractivity contribution in [3.05, 3.63) is 45.8 Å². The Kier molecular flexibility index (Phi) is 3.53. The molecule has 19 heavy (non-hydrogen) atoms. The number of nitrogens with zero attached hydrogens (tertiary/aromatic N) is 3. The summed E-state index contributed by atoms with van der Waals surface area (Å²) in [6, 6.07) is 8.24. The molecule has 0 radical (unpaired) electrons. The highest BCUT2D eigenvalue weighted by Crippen LogP contribution is 2.34. The van der Waals surface area contributed by atoms with Crippen molar-refractivity contribution >= 4 is 23.2 Å². The van der Waals surface area contributed by atoms with Crippen molar-refractivity contribution in [3.8, 4) is 5.88 Å². The van der Waals surface area contributed by atoms with E-state index in [0.717, 1.165) is 19.3 Å². The lowest BCUT2D eigenvalue weighted by molar-refractivity contribution is 0.174. The van der Waals surface area contributed by atoms with E-state index in [1.165, 1.54) is 11.1 Å². The van der Waals surface area contributed by atoms with Gasteiger partial charge in [0.2, 0.25) is 10.4 Å². The highest BCUT2D eigenvalue weighted by atomic mass is 35.5. The van der Waals surface area contributed by atoms with Crippen LogP contribution in [0.4, 0.5) is 0 Å². The SMILES string of the molecule is Clc1nnc(Cl)c(OC2CCCc3ccccc32)n1. The fourth-order valence-corrected chi connectivity index (χ4v) is 2.56. The number of aryl methyl sites for hydroxylation is 1. The molecule has 1 aromatic heterocycles. The first-order chi connectivity index (χ1) is 9.24. The average molecular weight is 296 g/mol. The Bertz CT molecular complexity index is 606. The maximum absolute atomic E-state index is 5.92. The van der Waals surface area contributed by atoms with E-state index in [1.54, 1.807) is 0 Å². The molecule has 4 nitrogen and oxygen atoms in total. The van der Waals surface area contributed by atoms with Gasteiger partial charge in [-0.3, -0.25) is 0 Å². The van der Waals surface area contributed by atoms with Crippen LogP contribution in [-0.4, -0.2) is 15.2 Å². The first-order valence-corrected chi connectivity index (χ1v) is 6.80. The van der Waals surface area contributed by atoms with Crippen molar-refractivity contribution in [1.29, 1.82) is 0 Å². The summed E-state index contributed by atoms with van der Waals surface area (Å²) >= 11 is 11.6. The fraction of sp³-hybridized carbons (Fsp3) is 0.308. The van der Waals surface area contributed by atoms with Crippen molar-refractivity contribution in [3.63, 3.8) is 0 Å². The number of hydrogen-bond acceptors (Lipinski definition) is 4. The molecule has 0 saturated carbocycles. The fourth-order valence-electron chi connectivity index (χ4n) is 2.32. The second kappa shape index (κ2) is 5.31. The van der Waals surface area contributed by atoms with E-state index >= 15 is 0 Å². The van der Waals surface area contributed by atoms with Gasteiger partial charge in [-0.15, -0.1) is 10.2 Å². The molecule has 0 spiro atoms. The van der Waals surface area contributed by atoms with E-state index < -0.39 is 0 Å². The highest BCUT2D eigenvalue weighted by Gasteiger charge is 2.23. The van der Waals surface area contributed by atoms with Gasteiger partial charge in [-0.2, -0.15) is 4.98 Å². The summed E-state index contributed by atoms with van der Waals surface area (Å²) in [5, 5.41) is 7.43. The third-order valence-corrected chi connectivity index (χ3v) is 3.56. The lowest BCUT2D eigenvalue weighted by atomic mass is 9.89. The van der Waals surface area contributed by atoms with Gasteiger partial charge in [0.25, 0.3) is 5.88 Å². The average Bonchev–Trinajstić information content (AvgIpc) is 2.43. The Morgan fingerprint density at radius 1 is 1.16 bits per heavy atom. The molecule has 0 amide bonds. The number of ether oxygens (including phenoxy) is 1. The van der Waals surface area contributed by atoms with Crippen LogP contribution in [0.3, 0.4) is 0 Å². The van der Waals surface area contributed by atoms with Crippen LogP contribution in [0.2, 0.25) is 10.4 Å². The molecule has 6 heteroatoms. The lowest BCUT2D eigenvalue weighted by Gasteiger charge is -2.25. The summed E-state index contributed by atoms with van der Waals surface area (Å²) in [5.74, 6) is 0.239.